The normalized spacial score (nSPS) is 26.9. The second kappa shape index (κ2) is 5.74. The standard InChI is InChI=1S/C13H13N2O2.Th/c16-9-11-8-15-12(17)6-7-14(15)13(11)10-4-2-1-3-5-10;/h1-5,11,13H,6-8H2;/q-1;. The minimum atomic E-state index is -0.235. The zero-order valence-corrected chi connectivity index (χ0v) is 14.0. The number of fused-ring (bicyclic) bond motifs is 1. The molecule has 3 rings (SSSR count). The van der Waals surface area contributed by atoms with E-state index in [1.807, 2.05) is 35.3 Å². The van der Waals surface area contributed by atoms with Crippen LogP contribution in [0.15, 0.2) is 30.3 Å². The molecule has 0 saturated carbocycles. The van der Waals surface area contributed by atoms with E-state index < -0.39 is 0 Å². The van der Waals surface area contributed by atoms with Crippen molar-refractivity contribution in [3.63, 3.8) is 0 Å². The fourth-order valence-electron chi connectivity index (χ4n) is 2.75. The van der Waals surface area contributed by atoms with Crippen molar-refractivity contribution in [1.82, 2.24) is 10.0 Å². The topological polar surface area (TPSA) is 40.6 Å². The van der Waals surface area contributed by atoms with E-state index in [9.17, 15) is 9.59 Å². The molecule has 1 amide bonds. The van der Waals surface area contributed by atoms with Gasteiger partial charge < -0.3 is 4.79 Å². The number of amides is 1. The van der Waals surface area contributed by atoms with Gasteiger partial charge in [-0.2, -0.15) is 0 Å². The van der Waals surface area contributed by atoms with Gasteiger partial charge in [-0.25, -0.2) is 5.01 Å². The molecule has 2 heterocycles. The molecule has 92 valence electrons. The summed E-state index contributed by atoms with van der Waals surface area (Å²) in [5, 5.41) is 3.71. The van der Waals surface area contributed by atoms with E-state index in [4.69, 9.17) is 0 Å². The van der Waals surface area contributed by atoms with E-state index >= 15 is 0 Å². The van der Waals surface area contributed by atoms with Crippen LogP contribution in [0.5, 0.6) is 0 Å². The molecule has 2 fully saturated rings. The van der Waals surface area contributed by atoms with Gasteiger partial charge in [-0.3, -0.25) is 16.1 Å². The Bertz CT molecular complexity index is 452. The zero-order valence-electron chi connectivity index (χ0n) is 9.87. The van der Waals surface area contributed by atoms with E-state index in [1.54, 1.807) is 5.01 Å². The molecule has 0 bridgehead atoms. The molecule has 2 aliphatic rings. The Kier molecular flexibility index (Phi) is 4.48. The van der Waals surface area contributed by atoms with E-state index in [2.05, 4.69) is 6.29 Å². The molecular formula is C13H13N2O2Th-. The summed E-state index contributed by atoms with van der Waals surface area (Å²) >= 11 is 0. The van der Waals surface area contributed by atoms with E-state index in [0.717, 1.165) is 5.56 Å². The predicted molar refractivity (Wildman–Crippen MR) is 61.4 cm³/mol. The zero-order chi connectivity index (χ0) is 11.8. The van der Waals surface area contributed by atoms with Crippen LogP contribution in [0.1, 0.15) is 18.0 Å². The fourth-order valence-corrected chi connectivity index (χ4v) is 2.75. The minimum absolute atomic E-state index is 0. The molecule has 0 aromatic heterocycles. The summed E-state index contributed by atoms with van der Waals surface area (Å²) in [6, 6.07) is 9.84. The molecule has 2 unspecified atom stereocenters. The molecule has 0 spiro atoms. The maximum Gasteiger partial charge on any atom is 0.238 e. The molecule has 2 aliphatic heterocycles. The Balaban J connectivity index is 0.00000120. The molecule has 0 radical (unpaired) electrons. The van der Waals surface area contributed by atoms with Crippen LogP contribution < -0.4 is 0 Å². The first-order valence-corrected chi connectivity index (χ1v) is 5.81. The van der Waals surface area contributed by atoms with Crippen LogP contribution in [0.2, 0.25) is 0 Å². The molecule has 1 aromatic carbocycles. The number of nitrogens with zero attached hydrogens (tertiary/aromatic N) is 2. The Morgan fingerprint density at radius 3 is 2.61 bits per heavy atom. The van der Waals surface area contributed by atoms with E-state index in [0.29, 0.717) is 19.5 Å². The molecule has 5 heteroatoms. The van der Waals surface area contributed by atoms with Crippen LogP contribution in [0.25, 0.3) is 0 Å². The largest absolute Gasteiger partial charge is 0.541 e. The van der Waals surface area contributed by atoms with E-state index in [-0.39, 0.29) is 57.8 Å². The van der Waals surface area contributed by atoms with Crippen LogP contribution >= 0.6 is 0 Å². The summed E-state index contributed by atoms with van der Waals surface area (Å²) in [6.45, 7) is 1.18. The average molecular weight is 461 g/mol. The van der Waals surface area contributed by atoms with Gasteiger partial charge in [0.15, 0.2) is 0 Å². The molecule has 0 N–H and O–H groups in total. The third kappa shape index (κ3) is 2.25. The van der Waals surface area contributed by atoms with Crippen LogP contribution in [-0.2, 0) is 9.59 Å². The summed E-state index contributed by atoms with van der Waals surface area (Å²) in [5.74, 6) is -0.120. The molecule has 0 aliphatic carbocycles. The summed E-state index contributed by atoms with van der Waals surface area (Å²) < 4.78 is 0. The van der Waals surface area contributed by atoms with Crippen molar-refractivity contribution in [3.05, 3.63) is 35.9 Å². The van der Waals surface area contributed by atoms with Crippen molar-refractivity contribution in [1.29, 1.82) is 0 Å². The predicted octanol–water partition coefficient (Wildman–Crippen LogP) is 0.916. The van der Waals surface area contributed by atoms with Gasteiger partial charge in [-0.15, -0.1) is 0 Å². The number of hydrazine groups is 1. The number of carbonyl (C=O) groups is 1. The fraction of sp³-hybridized carbons (Fsp3) is 0.385. The van der Waals surface area contributed by atoms with Gasteiger partial charge in [-0.05, 0) is 5.56 Å². The molecule has 4 nitrogen and oxygen atoms in total. The van der Waals surface area contributed by atoms with Gasteiger partial charge in [0.25, 0.3) is 0 Å². The van der Waals surface area contributed by atoms with Crippen LogP contribution in [0.4, 0.5) is 0 Å². The van der Waals surface area contributed by atoms with E-state index in [1.165, 1.54) is 0 Å². The molecule has 18 heavy (non-hydrogen) atoms. The third-order valence-corrected chi connectivity index (χ3v) is 3.52. The second-order valence-corrected chi connectivity index (χ2v) is 4.47. The Labute approximate surface area is 138 Å². The molecule has 2 atom stereocenters. The third-order valence-electron chi connectivity index (χ3n) is 3.52. The number of rotatable bonds is 2. The van der Waals surface area contributed by atoms with Crippen molar-refractivity contribution in [2.75, 3.05) is 13.1 Å². The summed E-state index contributed by atoms with van der Waals surface area (Å²) in [5.41, 5.74) is 1.08. The Morgan fingerprint density at radius 2 is 1.94 bits per heavy atom. The smallest absolute Gasteiger partial charge is 0.238 e. The SMILES string of the molecule is O=[C-]C1CN2C(=O)CCN2C1c1ccccc1.[Th]. The van der Waals surface area contributed by atoms with Crippen LogP contribution in [-0.4, -0.2) is 35.3 Å². The monoisotopic (exact) mass is 461 g/mol. The Morgan fingerprint density at radius 1 is 1.22 bits per heavy atom. The van der Waals surface area contributed by atoms with Gasteiger partial charge in [0, 0.05) is 65.5 Å². The van der Waals surface area contributed by atoms with Crippen LogP contribution in [0, 0.1) is 45.9 Å². The van der Waals surface area contributed by atoms with Crippen molar-refractivity contribution in [3.8, 4) is 0 Å². The minimum Gasteiger partial charge on any atom is -0.541 e. The number of benzene rings is 1. The van der Waals surface area contributed by atoms with Gasteiger partial charge in [0.2, 0.25) is 5.91 Å². The van der Waals surface area contributed by atoms with Gasteiger partial charge in [0.05, 0.1) is 0 Å². The molecule has 2 saturated heterocycles. The summed E-state index contributed by atoms with van der Waals surface area (Å²) in [6.07, 6.45) is 2.63. The maximum atomic E-state index is 11.6. The first-order valence-electron chi connectivity index (χ1n) is 5.81. The quantitative estimate of drug-likeness (QED) is 0.616. The first-order chi connectivity index (χ1) is 8.31. The number of carbonyl (C=O) groups excluding carboxylic acids is 2. The maximum absolute atomic E-state index is 11.6. The van der Waals surface area contributed by atoms with Gasteiger partial charge in [0.1, 0.15) is 0 Å². The van der Waals surface area contributed by atoms with Crippen molar-refractivity contribution < 1.29 is 49.5 Å². The van der Waals surface area contributed by atoms with Gasteiger partial charge >= 0.3 is 0 Å². The van der Waals surface area contributed by atoms with Crippen LogP contribution in [0.3, 0.4) is 0 Å². The second-order valence-electron chi connectivity index (χ2n) is 4.47. The summed E-state index contributed by atoms with van der Waals surface area (Å²) in [4.78, 5) is 22.7. The van der Waals surface area contributed by atoms with Crippen molar-refractivity contribution >= 4 is 12.2 Å². The van der Waals surface area contributed by atoms with Gasteiger partial charge in [-0.1, -0.05) is 36.2 Å². The molecule has 1 aromatic rings. The van der Waals surface area contributed by atoms with Crippen molar-refractivity contribution in [2.24, 2.45) is 5.92 Å². The average Bonchev–Trinajstić information content (AvgIpc) is 2.90. The van der Waals surface area contributed by atoms with Crippen molar-refractivity contribution in [2.45, 2.75) is 12.5 Å². The number of hydrogen-bond acceptors (Lipinski definition) is 3. The Hall–Kier alpha value is -0.355. The summed E-state index contributed by atoms with van der Waals surface area (Å²) in [7, 11) is 0. The molecular weight excluding hydrogens is 448 g/mol. The first kappa shape index (κ1) is 14.1. The number of hydrogen-bond donors (Lipinski definition) is 0.